The van der Waals surface area contributed by atoms with E-state index >= 15 is 0 Å². The van der Waals surface area contributed by atoms with E-state index in [0.29, 0.717) is 35.9 Å². The maximum Gasteiger partial charge on any atom is 0.303 e. The van der Waals surface area contributed by atoms with E-state index in [-0.39, 0.29) is 6.42 Å². The molecule has 1 N–H and O–H groups in total. The highest BCUT2D eigenvalue weighted by Gasteiger charge is 2.59. The molecule has 0 bridgehead atoms. The fourth-order valence-electron chi connectivity index (χ4n) is 7.99. The highest BCUT2D eigenvalue weighted by molar-refractivity contribution is 5.86. The number of aliphatic carboxylic acids is 1. The van der Waals surface area contributed by atoms with Gasteiger partial charge in [0, 0.05) is 18.3 Å². The summed E-state index contributed by atoms with van der Waals surface area (Å²) >= 11 is 0. The van der Waals surface area contributed by atoms with Crippen LogP contribution in [0.1, 0.15) is 105 Å². The van der Waals surface area contributed by atoms with E-state index in [0.717, 1.165) is 36.5 Å². The van der Waals surface area contributed by atoms with Crippen molar-refractivity contribution in [1.29, 1.82) is 0 Å². The zero-order chi connectivity index (χ0) is 21.4. The van der Waals surface area contributed by atoms with Gasteiger partial charge >= 0.3 is 5.97 Å². The first-order valence-corrected chi connectivity index (χ1v) is 12.3. The number of hydrogen-bond acceptors (Lipinski definition) is 2. The molecule has 0 unspecified atom stereocenters. The molecule has 3 fully saturated rings. The van der Waals surface area contributed by atoms with Crippen molar-refractivity contribution in [2.75, 3.05) is 0 Å². The molecule has 0 aromatic carbocycles. The Labute approximate surface area is 178 Å². The van der Waals surface area contributed by atoms with Crippen LogP contribution in [-0.4, -0.2) is 16.9 Å². The van der Waals surface area contributed by atoms with E-state index in [2.05, 4.69) is 34.6 Å². The lowest BCUT2D eigenvalue weighted by Gasteiger charge is -2.56. The SMILES string of the molecule is CC(C)CCC[C@@H](C)[C@H]1CC[C@H]2[C@@H]3CCC(=O)[C@](C)(CCC(=O)O)[C@@H]3CC[C@]12C. The van der Waals surface area contributed by atoms with Gasteiger partial charge in [0.05, 0.1) is 0 Å². The van der Waals surface area contributed by atoms with Gasteiger partial charge in [-0.05, 0) is 79.4 Å². The Morgan fingerprint density at radius 3 is 2.45 bits per heavy atom. The first-order chi connectivity index (χ1) is 13.6. The van der Waals surface area contributed by atoms with Crippen LogP contribution in [0, 0.1) is 46.3 Å². The van der Waals surface area contributed by atoms with E-state index in [1.54, 1.807) is 0 Å². The lowest BCUT2D eigenvalue weighted by Crippen LogP contribution is -2.52. The summed E-state index contributed by atoms with van der Waals surface area (Å²) in [6.45, 7) is 11.8. The van der Waals surface area contributed by atoms with Crippen molar-refractivity contribution >= 4 is 11.8 Å². The highest BCUT2D eigenvalue weighted by Crippen LogP contribution is 2.65. The average molecular weight is 405 g/mol. The molecule has 3 aliphatic carbocycles. The Bertz CT molecular complexity index is 611. The van der Waals surface area contributed by atoms with Crippen molar-refractivity contribution in [3.63, 3.8) is 0 Å². The summed E-state index contributed by atoms with van der Waals surface area (Å²) in [5.74, 6) is 3.74. The smallest absolute Gasteiger partial charge is 0.303 e. The number of rotatable bonds is 8. The number of Topliss-reactive ketones (excluding diaryl/α,β-unsaturated/α-hetero) is 1. The van der Waals surface area contributed by atoms with Gasteiger partial charge in [-0.15, -0.1) is 0 Å². The van der Waals surface area contributed by atoms with Crippen LogP contribution in [0.2, 0.25) is 0 Å². The predicted octanol–water partition coefficient (Wildman–Crippen LogP) is 6.74. The summed E-state index contributed by atoms with van der Waals surface area (Å²) in [6.07, 6.45) is 11.4. The number of hydrogen-bond donors (Lipinski definition) is 1. The number of carbonyl (C=O) groups excluding carboxylic acids is 1. The van der Waals surface area contributed by atoms with Gasteiger partial charge in [0.25, 0.3) is 0 Å². The van der Waals surface area contributed by atoms with Crippen LogP contribution in [0.4, 0.5) is 0 Å². The van der Waals surface area contributed by atoms with Gasteiger partial charge in [0.1, 0.15) is 5.78 Å². The second kappa shape index (κ2) is 8.71. The van der Waals surface area contributed by atoms with Crippen molar-refractivity contribution < 1.29 is 14.7 Å². The van der Waals surface area contributed by atoms with E-state index < -0.39 is 11.4 Å². The van der Waals surface area contributed by atoms with Gasteiger partial charge in [-0.3, -0.25) is 9.59 Å². The van der Waals surface area contributed by atoms with Crippen molar-refractivity contribution in [2.45, 2.75) is 105 Å². The Morgan fingerprint density at radius 1 is 1.07 bits per heavy atom. The lowest BCUT2D eigenvalue weighted by atomic mass is 9.48. The van der Waals surface area contributed by atoms with Crippen LogP contribution < -0.4 is 0 Å². The van der Waals surface area contributed by atoms with Crippen molar-refractivity contribution in [3.8, 4) is 0 Å². The van der Waals surface area contributed by atoms with E-state index in [1.807, 2.05) is 0 Å². The molecule has 0 spiro atoms. The van der Waals surface area contributed by atoms with Gasteiger partial charge in [0.15, 0.2) is 0 Å². The first-order valence-electron chi connectivity index (χ1n) is 12.3. The van der Waals surface area contributed by atoms with Crippen molar-refractivity contribution in [1.82, 2.24) is 0 Å². The number of ketones is 1. The van der Waals surface area contributed by atoms with Crippen LogP contribution in [0.3, 0.4) is 0 Å². The number of carboxylic acid groups (broad SMARTS) is 1. The molecule has 0 saturated heterocycles. The molecule has 7 atom stereocenters. The maximum atomic E-state index is 12.9. The van der Waals surface area contributed by atoms with Crippen LogP contribution in [0.5, 0.6) is 0 Å². The summed E-state index contributed by atoms with van der Waals surface area (Å²) in [7, 11) is 0. The summed E-state index contributed by atoms with van der Waals surface area (Å²) in [5, 5.41) is 9.22. The molecule has 29 heavy (non-hydrogen) atoms. The zero-order valence-electron chi connectivity index (χ0n) is 19.5. The second-order valence-electron chi connectivity index (χ2n) is 11.7. The van der Waals surface area contributed by atoms with Gasteiger partial charge < -0.3 is 5.11 Å². The zero-order valence-corrected chi connectivity index (χ0v) is 19.5. The molecular formula is C26H44O3. The van der Waals surface area contributed by atoms with Crippen LogP contribution in [-0.2, 0) is 9.59 Å². The summed E-state index contributed by atoms with van der Waals surface area (Å²) < 4.78 is 0. The molecule has 3 rings (SSSR count). The summed E-state index contributed by atoms with van der Waals surface area (Å²) in [5.41, 5.74) is 0.0100. The standard InChI is InChI=1S/C26H44O3/c1-17(2)7-6-8-18(3)20-10-11-21-19-9-12-23(27)26(5,16-14-24(28)29)22(19)13-15-25(20,21)4/h17-22H,6-16H2,1-5H3,(H,28,29)/t18-,19+,20-,21+,22-,25-,26-/m1/s1. The Balaban J connectivity index is 1.73. The fourth-order valence-corrected chi connectivity index (χ4v) is 7.99. The van der Waals surface area contributed by atoms with Gasteiger partial charge in [-0.1, -0.05) is 53.9 Å². The monoisotopic (exact) mass is 404 g/mol. The third-order valence-corrected chi connectivity index (χ3v) is 9.66. The molecule has 0 amide bonds. The molecule has 0 aromatic heterocycles. The lowest BCUT2D eigenvalue weighted by molar-refractivity contribution is -0.148. The quantitative estimate of drug-likeness (QED) is 0.487. The Kier molecular flexibility index (Phi) is 6.85. The molecule has 0 aromatic rings. The Morgan fingerprint density at radius 2 is 1.79 bits per heavy atom. The molecule has 0 radical (unpaired) electrons. The number of carbonyl (C=O) groups is 2. The van der Waals surface area contributed by atoms with Crippen molar-refractivity contribution in [2.24, 2.45) is 46.3 Å². The van der Waals surface area contributed by atoms with Gasteiger partial charge in [-0.2, -0.15) is 0 Å². The molecular weight excluding hydrogens is 360 g/mol. The number of fused-ring (bicyclic) bond motifs is 3. The molecule has 0 aliphatic heterocycles. The summed E-state index contributed by atoms with van der Waals surface area (Å²) in [6, 6.07) is 0. The van der Waals surface area contributed by atoms with E-state index in [9.17, 15) is 14.7 Å². The largest absolute Gasteiger partial charge is 0.481 e. The highest BCUT2D eigenvalue weighted by atomic mass is 16.4. The normalized spacial score (nSPS) is 40.6. The molecule has 3 saturated carbocycles. The fraction of sp³-hybridized carbons (Fsp3) is 0.923. The second-order valence-corrected chi connectivity index (χ2v) is 11.7. The molecule has 3 heteroatoms. The van der Waals surface area contributed by atoms with Gasteiger partial charge in [0.2, 0.25) is 0 Å². The summed E-state index contributed by atoms with van der Waals surface area (Å²) in [4.78, 5) is 24.1. The van der Waals surface area contributed by atoms with Crippen molar-refractivity contribution in [3.05, 3.63) is 0 Å². The van der Waals surface area contributed by atoms with Crippen LogP contribution >= 0.6 is 0 Å². The van der Waals surface area contributed by atoms with Gasteiger partial charge in [-0.25, -0.2) is 0 Å². The maximum absolute atomic E-state index is 12.9. The topological polar surface area (TPSA) is 54.4 Å². The van der Waals surface area contributed by atoms with Crippen LogP contribution in [0.25, 0.3) is 0 Å². The van der Waals surface area contributed by atoms with Crippen LogP contribution in [0.15, 0.2) is 0 Å². The minimum absolute atomic E-state index is 0.128. The Hall–Kier alpha value is -0.860. The third kappa shape index (κ3) is 4.30. The number of carboxylic acids is 1. The molecule has 3 aliphatic rings. The first kappa shape index (κ1) is 22.8. The molecule has 166 valence electrons. The minimum Gasteiger partial charge on any atom is -0.481 e. The predicted molar refractivity (Wildman–Crippen MR) is 118 cm³/mol. The molecule has 3 nitrogen and oxygen atoms in total. The average Bonchev–Trinajstić information content (AvgIpc) is 3.00. The minimum atomic E-state index is -0.766. The van der Waals surface area contributed by atoms with E-state index in [1.165, 1.54) is 38.5 Å². The third-order valence-electron chi connectivity index (χ3n) is 9.66. The molecule has 0 heterocycles. The van der Waals surface area contributed by atoms with E-state index in [4.69, 9.17) is 0 Å².